The Morgan fingerprint density at radius 1 is 1.35 bits per heavy atom. The minimum atomic E-state index is -3.67. The zero-order valence-electron chi connectivity index (χ0n) is 14.5. The topological polar surface area (TPSA) is 82.5 Å². The Bertz CT molecular complexity index is 561. The van der Waals surface area contributed by atoms with Crippen molar-refractivity contribution < 1.29 is 13.0 Å². The van der Waals surface area contributed by atoms with E-state index < -0.39 is 10.1 Å². The molecule has 2 rings (SSSR count). The normalized spacial score (nSPS) is 17.4. The molecular weight excluding hydrogens is 334 g/mol. The predicted molar refractivity (Wildman–Crippen MR) is 97.1 cm³/mol. The van der Waals surface area contributed by atoms with Crippen molar-refractivity contribution in [2.24, 2.45) is 0 Å². The lowest BCUT2D eigenvalue weighted by Gasteiger charge is -2.31. The summed E-state index contributed by atoms with van der Waals surface area (Å²) in [5.41, 5.74) is 1.35. The first-order valence-corrected chi connectivity index (χ1v) is 10.8. The van der Waals surface area contributed by atoms with Crippen LogP contribution in [0.5, 0.6) is 0 Å². The molecule has 0 radical (unpaired) electrons. The average molecular weight is 364 g/mol. The van der Waals surface area contributed by atoms with Gasteiger partial charge in [-0.1, -0.05) is 20.8 Å². The number of likely N-dealkylation sites (N-methyl/N-ethyl adjacent to an activating group) is 1. The number of hydrogen-bond acceptors (Lipinski definition) is 6. The third-order valence-electron chi connectivity index (χ3n) is 3.77. The lowest BCUT2D eigenvalue weighted by atomic mass is 9.96. The van der Waals surface area contributed by atoms with Crippen LogP contribution >= 0.6 is 11.3 Å². The monoisotopic (exact) mass is 363 g/mol. The summed E-state index contributed by atoms with van der Waals surface area (Å²) in [4.78, 5) is 8.82. The van der Waals surface area contributed by atoms with E-state index >= 15 is 0 Å². The highest BCUT2D eigenvalue weighted by molar-refractivity contribution is 7.85. The van der Waals surface area contributed by atoms with Crippen molar-refractivity contribution in [2.45, 2.75) is 52.5 Å². The van der Waals surface area contributed by atoms with E-state index in [0.717, 1.165) is 43.6 Å². The molecule has 0 aliphatic heterocycles. The molecule has 23 heavy (non-hydrogen) atoms. The SMILES string of the molecule is CCCNc1nc2c(s1)C[C@@H](N(CC)CC)CC2.CS(=O)(=O)O. The van der Waals surface area contributed by atoms with Gasteiger partial charge in [-0.2, -0.15) is 8.42 Å². The van der Waals surface area contributed by atoms with Gasteiger partial charge in [-0.15, -0.1) is 11.3 Å². The van der Waals surface area contributed by atoms with Crippen molar-refractivity contribution in [1.29, 1.82) is 0 Å². The van der Waals surface area contributed by atoms with E-state index in [1.54, 1.807) is 0 Å². The van der Waals surface area contributed by atoms with Crippen molar-refractivity contribution in [2.75, 3.05) is 31.2 Å². The fourth-order valence-corrected chi connectivity index (χ4v) is 3.82. The van der Waals surface area contributed by atoms with Gasteiger partial charge in [-0.25, -0.2) is 4.98 Å². The van der Waals surface area contributed by atoms with Crippen LogP contribution in [-0.4, -0.2) is 54.8 Å². The van der Waals surface area contributed by atoms with Gasteiger partial charge in [0.05, 0.1) is 11.9 Å². The number of aromatic nitrogens is 1. The van der Waals surface area contributed by atoms with Crippen molar-refractivity contribution >= 4 is 26.6 Å². The van der Waals surface area contributed by atoms with Crippen LogP contribution < -0.4 is 5.32 Å². The van der Waals surface area contributed by atoms with E-state index in [0.29, 0.717) is 6.26 Å². The first-order valence-electron chi connectivity index (χ1n) is 8.17. The van der Waals surface area contributed by atoms with Gasteiger partial charge in [0.1, 0.15) is 0 Å². The summed E-state index contributed by atoms with van der Waals surface area (Å²) in [5, 5.41) is 4.54. The summed E-state index contributed by atoms with van der Waals surface area (Å²) >= 11 is 1.87. The molecule has 1 aliphatic carbocycles. The summed E-state index contributed by atoms with van der Waals surface area (Å²) in [7, 11) is -3.67. The lowest BCUT2D eigenvalue weighted by Crippen LogP contribution is -2.38. The molecule has 1 aromatic heterocycles. The van der Waals surface area contributed by atoms with Crippen LogP contribution in [0.2, 0.25) is 0 Å². The highest BCUT2D eigenvalue weighted by Gasteiger charge is 2.25. The van der Waals surface area contributed by atoms with Gasteiger partial charge in [-0.05, 0) is 38.8 Å². The maximum Gasteiger partial charge on any atom is 0.261 e. The van der Waals surface area contributed by atoms with Gasteiger partial charge in [0, 0.05) is 17.5 Å². The van der Waals surface area contributed by atoms with Crippen LogP contribution in [0.4, 0.5) is 5.13 Å². The summed E-state index contributed by atoms with van der Waals surface area (Å²) in [6.07, 6.45) is 5.49. The molecule has 0 fully saturated rings. The Kier molecular flexibility index (Phi) is 8.46. The number of nitrogens with one attached hydrogen (secondary N) is 1. The van der Waals surface area contributed by atoms with Crippen LogP contribution in [0.3, 0.4) is 0 Å². The fourth-order valence-electron chi connectivity index (χ4n) is 2.72. The largest absolute Gasteiger partial charge is 0.362 e. The van der Waals surface area contributed by atoms with Crippen LogP contribution in [0.15, 0.2) is 0 Å². The molecule has 1 aliphatic rings. The van der Waals surface area contributed by atoms with Gasteiger partial charge in [0.2, 0.25) is 0 Å². The zero-order valence-corrected chi connectivity index (χ0v) is 16.1. The molecule has 0 aromatic carbocycles. The fraction of sp³-hybridized carbons (Fsp3) is 0.800. The van der Waals surface area contributed by atoms with E-state index in [1.165, 1.54) is 23.4 Å². The molecule has 1 aromatic rings. The summed E-state index contributed by atoms with van der Waals surface area (Å²) in [5.74, 6) is 0. The molecule has 1 atom stereocenters. The van der Waals surface area contributed by atoms with Gasteiger partial charge >= 0.3 is 0 Å². The Morgan fingerprint density at radius 2 is 1.96 bits per heavy atom. The smallest absolute Gasteiger partial charge is 0.261 e. The Hall–Kier alpha value is -0.700. The molecule has 134 valence electrons. The van der Waals surface area contributed by atoms with Gasteiger partial charge in [-0.3, -0.25) is 4.55 Å². The van der Waals surface area contributed by atoms with Gasteiger partial charge < -0.3 is 10.2 Å². The summed E-state index contributed by atoms with van der Waals surface area (Å²) < 4.78 is 25.9. The van der Waals surface area contributed by atoms with Crippen LogP contribution in [0.25, 0.3) is 0 Å². The lowest BCUT2D eigenvalue weighted by molar-refractivity contribution is 0.199. The number of aryl methyl sites for hydroxylation is 1. The van der Waals surface area contributed by atoms with Crippen molar-refractivity contribution in [1.82, 2.24) is 9.88 Å². The van der Waals surface area contributed by atoms with Gasteiger partial charge in [0.25, 0.3) is 10.1 Å². The molecule has 6 nitrogen and oxygen atoms in total. The molecule has 0 spiro atoms. The molecule has 0 saturated heterocycles. The van der Waals surface area contributed by atoms with E-state index in [-0.39, 0.29) is 0 Å². The Balaban J connectivity index is 0.000000463. The van der Waals surface area contributed by atoms with Crippen LogP contribution in [0.1, 0.15) is 44.2 Å². The highest BCUT2D eigenvalue weighted by Crippen LogP contribution is 2.31. The molecule has 1 heterocycles. The first kappa shape index (κ1) is 20.3. The van der Waals surface area contributed by atoms with E-state index in [4.69, 9.17) is 9.54 Å². The third kappa shape index (κ3) is 7.60. The summed E-state index contributed by atoms with van der Waals surface area (Å²) in [6, 6.07) is 0.729. The van der Waals surface area contributed by atoms with Gasteiger partial charge in [0.15, 0.2) is 5.13 Å². The van der Waals surface area contributed by atoms with Crippen molar-refractivity contribution in [3.8, 4) is 0 Å². The molecule has 0 unspecified atom stereocenters. The van der Waals surface area contributed by atoms with Crippen LogP contribution in [-0.2, 0) is 23.0 Å². The number of hydrogen-bond donors (Lipinski definition) is 2. The molecule has 8 heteroatoms. The first-order chi connectivity index (χ1) is 10.8. The second kappa shape index (κ2) is 9.56. The second-order valence-corrected chi connectivity index (χ2v) is 8.22. The predicted octanol–water partition coefficient (Wildman–Crippen LogP) is 2.67. The van der Waals surface area contributed by atoms with E-state index in [2.05, 4.69) is 31.0 Å². The van der Waals surface area contributed by atoms with Crippen LogP contribution in [0, 0.1) is 0 Å². The number of thiazole rings is 1. The number of fused-ring (bicyclic) bond motifs is 1. The maximum atomic E-state index is 9.19. The highest BCUT2D eigenvalue weighted by atomic mass is 32.2. The van der Waals surface area contributed by atoms with E-state index in [9.17, 15) is 8.42 Å². The average Bonchev–Trinajstić information content (AvgIpc) is 2.86. The number of rotatable bonds is 6. The van der Waals surface area contributed by atoms with E-state index in [1.807, 2.05) is 11.3 Å². The molecule has 0 saturated carbocycles. The second-order valence-electron chi connectivity index (χ2n) is 5.67. The quantitative estimate of drug-likeness (QED) is 0.756. The molecule has 0 amide bonds. The standard InChI is InChI=1S/C14H25N3S.CH4O3S/c1-4-9-15-14-16-12-8-7-11(10-13(12)18-14)17(5-2)6-3;1-5(2,3)4/h11H,4-10H2,1-3H3,(H,15,16);1H3,(H,2,3,4)/t11-;/m0./s1. The minimum absolute atomic E-state index is 0.715. The zero-order chi connectivity index (χ0) is 17.5. The number of nitrogens with zero attached hydrogens (tertiary/aromatic N) is 2. The summed E-state index contributed by atoms with van der Waals surface area (Å²) in [6.45, 7) is 10.1. The molecular formula is C15H29N3O3S2. The minimum Gasteiger partial charge on any atom is -0.362 e. The number of anilines is 1. The third-order valence-corrected chi connectivity index (χ3v) is 4.85. The Labute approximate surface area is 144 Å². The maximum absolute atomic E-state index is 9.19. The van der Waals surface area contributed by atoms with Crippen molar-refractivity contribution in [3.63, 3.8) is 0 Å². The van der Waals surface area contributed by atoms with Crippen molar-refractivity contribution in [3.05, 3.63) is 10.6 Å². The Morgan fingerprint density at radius 3 is 2.48 bits per heavy atom. The molecule has 0 bridgehead atoms. The molecule has 2 N–H and O–H groups in total.